The number of likely N-dealkylation sites (N-methyl/N-ethyl adjacent to an activating group) is 1. The van der Waals surface area contributed by atoms with Crippen LogP contribution in [0.25, 0.3) is 10.9 Å². The van der Waals surface area contributed by atoms with Crippen LogP contribution in [0.5, 0.6) is 0 Å². The molecule has 2 aliphatic heterocycles. The Labute approximate surface area is 232 Å². The van der Waals surface area contributed by atoms with E-state index in [9.17, 15) is 0 Å². The quantitative estimate of drug-likeness (QED) is 0.375. The molecule has 3 atom stereocenters. The topological polar surface area (TPSA) is 34.7 Å². The first-order valence-electron chi connectivity index (χ1n) is 14.6. The zero-order chi connectivity index (χ0) is 26.4. The van der Waals surface area contributed by atoms with E-state index in [1.165, 1.54) is 33.2 Å². The van der Waals surface area contributed by atoms with E-state index >= 15 is 0 Å². The lowest BCUT2D eigenvalue weighted by Gasteiger charge is -2.54. The van der Waals surface area contributed by atoms with Crippen LogP contribution in [-0.4, -0.2) is 79.2 Å². The first-order valence-corrected chi connectivity index (χ1v) is 14.6. The number of piperazine rings is 1. The highest BCUT2D eigenvalue weighted by atomic mass is 16.5. The van der Waals surface area contributed by atoms with Gasteiger partial charge in [-0.1, -0.05) is 72.8 Å². The van der Waals surface area contributed by atoms with Crippen molar-refractivity contribution in [1.82, 2.24) is 19.7 Å². The van der Waals surface area contributed by atoms with Crippen molar-refractivity contribution in [3.63, 3.8) is 0 Å². The standard InChI is InChI=1S/C34H40N4O/c1-36-23-25(21-34(39-2)29-14-9-15-30-32(29)28(22-35-30)20-31(34)36)24-37-16-18-38(19-17-37)33(26-10-5-3-6-11-26)27-12-7-4-8-13-27/h3-15,22,25,31,33,35H,16-21,23-24H2,1-2H3/t25-,31-,34+/m1/s1. The van der Waals surface area contributed by atoms with E-state index in [0.717, 1.165) is 52.1 Å². The maximum absolute atomic E-state index is 6.55. The van der Waals surface area contributed by atoms with Crippen LogP contribution in [0.15, 0.2) is 85.1 Å². The second-order valence-corrected chi connectivity index (χ2v) is 11.9. The van der Waals surface area contributed by atoms with Crippen molar-refractivity contribution in [3.8, 4) is 0 Å². The highest BCUT2D eigenvalue weighted by Crippen LogP contribution is 2.49. The van der Waals surface area contributed by atoms with Crippen LogP contribution in [-0.2, 0) is 16.8 Å². The highest BCUT2D eigenvalue weighted by molar-refractivity contribution is 5.88. The van der Waals surface area contributed by atoms with Gasteiger partial charge in [-0.2, -0.15) is 0 Å². The van der Waals surface area contributed by atoms with Crippen molar-refractivity contribution >= 4 is 10.9 Å². The van der Waals surface area contributed by atoms with Gasteiger partial charge in [0, 0.05) is 69.5 Å². The zero-order valence-corrected chi connectivity index (χ0v) is 23.2. The Morgan fingerprint density at radius 1 is 0.897 bits per heavy atom. The summed E-state index contributed by atoms with van der Waals surface area (Å²) >= 11 is 0. The number of methoxy groups -OCH3 is 1. The van der Waals surface area contributed by atoms with E-state index in [2.05, 4.69) is 112 Å². The summed E-state index contributed by atoms with van der Waals surface area (Å²) in [5.41, 5.74) is 6.57. The van der Waals surface area contributed by atoms with E-state index in [-0.39, 0.29) is 5.60 Å². The first-order chi connectivity index (χ1) is 19.2. The number of piperidine rings is 1. The van der Waals surface area contributed by atoms with Crippen LogP contribution >= 0.6 is 0 Å². The smallest absolute Gasteiger partial charge is 0.109 e. The Hall–Kier alpha value is -2.96. The summed E-state index contributed by atoms with van der Waals surface area (Å²) in [5.74, 6) is 0.576. The summed E-state index contributed by atoms with van der Waals surface area (Å²) in [7, 11) is 4.25. The first kappa shape index (κ1) is 25.0. The number of rotatable bonds is 6. The zero-order valence-electron chi connectivity index (χ0n) is 23.2. The fourth-order valence-corrected chi connectivity index (χ4v) is 8.01. The fourth-order valence-electron chi connectivity index (χ4n) is 8.01. The molecule has 39 heavy (non-hydrogen) atoms. The number of likely N-dealkylation sites (tertiary alicyclic amines) is 1. The second-order valence-electron chi connectivity index (χ2n) is 11.9. The van der Waals surface area contributed by atoms with Gasteiger partial charge in [0.2, 0.25) is 0 Å². The van der Waals surface area contributed by atoms with Crippen molar-refractivity contribution in [2.45, 2.75) is 30.5 Å². The maximum Gasteiger partial charge on any atom is 0.109 e. The van der Waals surface area contributed by atoms with E-state index < -0.39 is 0 Å². The van der Waals surface area contributed by atoms with Crippen LogP contribution in [0.4, 0.5) is 0 Å². The molecule has 3 aromatic carbocycles. The molecule has 4 aromatic rings. The molecule has 3 aliphatic rings. The SMILES string of the molecule is CO[C@]12C[C@@H](CN3CCN(C(c4ccccc4)c4ccccc4)CC3)CN(C)[C@@H]1Cc1c[nH]c3cccc2c13. The van der Waals surface area contributed by atoms with E-state index in [1.54, 1.807) is 0 Å². The Morgan fingerprint density at radius 2 is 1.59 bits per heavy atom. The van der Waals surface area contributed by atoms with Crippen LogP contribution in [0, 0.1) is 5.92 Å². The molecule has 0 bridgehead atoms. The lowest BCUT2D eigenvalue weighted by molar-refractivity contribution is -0.128. The number of aromatic amines is 1. The molecule has 3 heterocycles. The molecule has 2 saturated heterocycles. The largest absolute Gasteiger partial charge is 0.372 e. The Bertz CT molecular complexity index is 1370. The number of nitrogens with zero attached hydrogens (tertiary/aromatic N) is 3. The van der Waals surface area contributed by atoms with Gasteiger partial charge in [-0.25, -0.2) is 0 Å². The molecular formula is C34H40N4O. The third kappa shape index (κ3) is 4.33. The third-order valence-electron chi connectivity index (χ3n) is 9.75. The summed E-state index contributed by atoms with van der Waals surface area (Å²) in [6, 6.07) is 29.4. The molecule has 7 rings (SSSR count). The van der Waals surface area contributed by atoms with E-state index in [1.807, 2.05) is 7.11 Å². The molecule has 0 unspecified atom stereocenters. The molecule has 0 spiro atoms. The maximum atomic E-state index is 6.55. The van der Waals surface area contributed by atoms with E-state index in [0.29, 0.717) is 18.0 Å². The normalized spacial score (nSPS) is 26.2. The average Bonchev–Trinajstić information content (AvgIpc) is 3.40. The van der Waals surface area contributed by atoms with Gasteiger partial charge in [-0.05, 0) is 54.1 Å². The lowest BCUT2D eigenvalue weighted by atomic mass is 9.68. The minimum absolute atomic E-state index is 0.250. The molecule has 5 nitrogen and oxygen atoms in total. The minimum Gasteiger partial charge on any atom is -0.372 e. The predicted molar refractivity (Wildman–Crippen MR) is 158 cm³/mol. The number of aromatic nitrogens is 1. The Balaban J connectivity index is 1.08. The van der Waals surface area contributed by atoms with Crippen molar-refractivity contribution in [2.75, 3.05) is 53.4 Å². The highest BCUT2D eigenvalue weighted by Gasteiger charge is 2.51. The molecule has 5 heteroatoms. The van der Waals surface area contributed by atoms with Crippen LogP contribution in [0.2, 0.25) is 0 Å². The van der Waals surface area contributed by atoms with Gasteiger partial charge in [0.15, 0.2) is 0 Å². The van der Waals surface area contributed by atoms with Gasteiger partial charge in [-0.15, -0.1) is 0 Å². The number of nitrogens with one attached hydrogen (secondary N) is 1. The molecule has 2 fully saturated rings. The van der Waals surface area contributed by atoms with Gasteiger partial charge >= 0.3 is 0 Å². The summed E-state index contributed by atoms with van der Waals surface area (Å²) < 4.78 is 6.55. The Kier molecular flexibility index (Phi) is 6.56. The molecule has 0 saturated carbocycles. The molecule has 0 amide bonds. The third-order valence-corrected chi connectivity index (χ3v) is 9.75. The predicted octanol–water partition coefficient (Wildman–Crippen LogP) is 5.29. The monoisotopic (exact) mass is 520 g/mol. The summed E-state index contributed by atoms with van der Waals surface area (Å²) in [4.78, 5) is 11.5. The number of ether oxygens (including phenoxy) is 1. The Morgan fingerprint density at radius 3 is 2.26 bits per heavy atom. The van der Waals surface area contributed by atoms with Gasteiger partial charge in [-0.3, -0.25) is 9.80 Å². The van der Waals surface area contributed by atoms with Crippen LogP contribution in [0.1, 0.15) is 34.7 Å². The molecule has 1 aliphatic carbocycles. The summed E-state index contributed by atoms with van der Waals surface area (Å²) in [6.07, 6.45) is 4.34. The van der Waals surface area contributed by atoms with Crippen molar-refractivity contribution in [2.24, 2.45) is 5.92 Å². The number of hydrogen-bond donors (Lipinski definition) is 1. The number of H-pyrrole nitrogens is 1. The van der Waals surface area contributed by atoms with E-state index in [4.69, 9.17) is 4.74 Å². The molecule has 202 valence electrons. The van der Waals surface area contributed by atoms with Crippen molar-refractivity contribution in [1.29, 1.82) is 0 Å². The molecule has 0 radical (unpaired) electrons. The number of hydrogen-bond acceptors (Lipinski definition) is 4. The lowest BCUT2D eigenvalue weighted by Crippen LogP contribution is -2.61. The molecule has 1 N–H and O–H groups in total. The fraction of sp³-hybridized carbons (Fsp3) is 0.412. The van der Waals surface area contributed by atoms with Crippen molar-refractivity contribution < 1.29 is 4.74 Å². The van der Waals surface area contributed by atoms with Crippen LogP contribution in [0.3, 0.4) is 0 Å². The summed E-state index contributed by atoms with van der Waals surface area (Å²) in [6.45, 7) is 6.65. The molecular weight excluding hydrogens is 480 g/mol. The second kappa shape index (κ2) is 10.2. The number of benzene rings is 3. The minimum atomic E-state index is -0.250. The van der Waals surface area contributed by atoms with Crippen LogP contribution < -0.4 is 0 Å². The van der Waals surface area contributed by atoms with Gasteiger partial charge in [0.25, 0.3) is 0 Å². The van der Waals surface area contributed by atoms with Gasteiger partial charge < -0.3 is 14.6 Å². The van der Waals surface area contributed by atoms with Gasteiger partial charge in [0.1, 0.15) is 5.60 Å². The van der Waals surface area contributed by atoms with Gasteiger partial charge in [0.05, 0.1) is 6.04 Å². The summed E-state index contributed by atoms with van der Waals surface area (Å²) in [5, 5.41) is 1.39. The molecule has 1 aromatic heterocycles. The van der Waals surface area contributed by atoms with Crippen molar-refractivity contribution in [3.05, 3.63) is 107 Å². The number of fused-ring (bicyclic) bond motifs is 2. The average molecular weight is 521 g/mol.